The van der Waals surface area contributed by atoms with E-state index in [4.69, 9.17) is 9.47 Å². The summed E-state index contributed by atoms with van der Waals surface area (Å²) in [5.74, 6) is 1.45. The number of nitrogens with one attached hydrogen (secondary N) is 2. The molecule has 1 fully saturated rings. The highest BCUT2D eigenvalue weighted by molar-refractivity contribution is 5.93. The van der Waals surface area contributed by atoms with Gasteiger partial charge < -0.3 is 24.2 Å². The Morgan fingerprint density at radius 2 is 1.69 bits per heavy atom. The summed E-state index contributed by atoms with van der Waals surface area (Å²) in [6.45, 7) is 8.24. The molecule has 0 atom stereocenters. The third-order valence-corrected chi connectivity index (χ3v) is 5.71. The van der Waals surface area contributed by atoms with E-state index in [0.29, 0.717) is 19.9 Å². The molecule has 0 aromatic heterocycles. The maximum atomic E-state index is 13.2. The van der Waals surface area contributed by atoms with Gasteiger partial charge in [-0.25, -0.2) is 4.39 Å². The van der Waals surface area contributed by atoms with Gasteiger partial charge in [-0.05, 0) is 49.4 Å². The third-order valence-electron chi connectivity index (χ3n) is 5.71. The van der Waals surface area contributed by atoms with Crippen LogP contribution in [0.1, 0.15) is 12.5 Å². The van der Waals surface area contributed by atoms with E-state index in [0.717, 1.165) is 49.9 Å². The first kappa shape index (κ1) is 19.7. The zero-order valence-corrected chi connectivity index (χ0v) is 16.7. The van der Waals surface area contributed by atoms with E-state index in [1.165, 1.54) is 27.5 Å². The van der Waals surface area contributed by atoms with Gasteiger partial charge in [-0.1, -0.05) is 0 Å². The van der Waals surface area contributed by atoms with Crippen molar-refractivity contribution in [3.8, 4) is 11.5 Å². The largest absolute Gasteiger partial charge is 0.454 e. The van der Waals surface area contributed by atoms with Gasteiger partial charge in [-0.3, -0.25) is 4.79 Å². The van der Waals surface area contributed by atoms with E-state index in [9.17, 15) is 9.18 Å². The molecule has 0 radical (unpaired) electrons. The molecular formula is C22H28FN3O3+2. The molecule has 2 heterocycles. The first-order valence-corrected chi connectivity index (χ1v) is 10.2. The lowest BCUT2D eigenvalue weighted by molar-refractivity contribution is -1.02. The van der Waals surface area contributed by atoms with Crippen molar-refractivity contribution in [3.63, 3.8) is 0 Å². The highest BCUT2D eigenvalue weighted by atomic mass is 19.1. The molecule has 29 heavy (non-hydrogen) atoms. The van der Waals surface area contributed by atoms with Crippen molar-refractivity contribution in [2.24, 2.45) is 0 Å². The maximum Gasteiger partial charge on any atom is 0.282 e. The number of amides is 1. The number of carbonyl (C=O) groups is 1. The molecule has 2 N–H and O–H groups in total. The molecule has 1 saturated heterocycles. The molecule has 2 aromatic carbocycles. The molecule has 6 nitrogen and oxygen atoms in total. The Morgan fingerprint density at radius 1 is 1.00 bits per heavy atom. The van der Waals surface area contributed by atoms with E-state index in [1.54, 1.807) is 17.0 Å². The number of rotatable bonds is 6. The number of ether oxygens (including phenoxy) is 2. The van der Waals surface area contributed by atoms with Crippen LogP contribution in [0.3, 0.4) is 0 Å². The molecule has 0 unspecified atom stereocenters. The standard InChI is InChI=1S/C22H26FN3O3/c1-2-26(19-6-4-18(23)5-7-19)22(27)15-25-11-9-24(10-12-25)14-17-3-8-20-21(13-17)29-16-28-20/h3-8,13H,2,9-12,14-16H2,1H3/p+2. The van der Waals surface area contributed by atoms with Crippen molar-refractivity contribution in [2.45, 2.75) is 13.5 Å². The maximum absolute atomic E-state index is 13.2. The normalized spacial score (nSPS) is 20.5. The molecule has 154 valence electrons. The second kappa shape index (κ2) is 8.80. The van der Waals surface area contributed by atoms with Gasteiger partial charge in [0.15, 0.2) is 18.0 Å². The minimum atomic E-state index is -0.288. The number of nitrogens with zero attached hydrogens (tertiary/aromatic N) is 1. The molecule has 7 heteroatoms. The van der Waals surface area contributed by atoms with Crippen LogP contribution in [0.2, 0.25) is 0 Å². The van der Waals surface area contributed by atoms with Gasteiger partial charge >= 0.3 is 0 Å². The summed E-state index contributed by atoms with van der Waals surface area (Å²) in [6, 6.07) is 12.3. The van der Waals surface area contributed by atoms with E-state index in [1.807, 2.05) is 13.0 Å². The zero-order chi connectivity index (χ0) is 20.2. The molecule has 2 aromatic rings. The monoisotopic (exact) mass is 401 g/mol. The summed E-state index contributed by atoms with van der Waals surface area (Å²) in [5, 5.41) is 0. The number of quaternary nitrogens is 2. The minimum absolute atomic E-state index is 0.0910. The summed E-state index contributed by atoms with van der Waals surface area (Å²) in [6.07, 6.45) is 0. The highest BCUT2D eigenvalue weighted by Crippen LogP contribution is 2.32. The van der Waals surface area contributed by atoms with E-state index >= 15 is 0 Å². The summed E-state index contributed by atoms with van der Waals surface area (Å²) < 4.78 is 24.0. The Bertz CT molecular complexity index is 851. The average Bonchev–Trinajstić information content (AvgIpc) is 3.19. The molecule has 2 aliphatic rings. The van der Waals surface area contributed by atoms with Crippen LogP contribution < -0.4 is 24.2 Å². The fourth-order valence-corrected chi connectivity index (χ4v) is 4.08. The molecule has 0 spiro atoms. The summed E-state index contributed by atoms with van der Waals surface area (Å²) in [4.78, 5) is 17.4. The van der Waals surface area contributed by atoms with Crippen LogP contribution in [0.4, 0.5) is 10.1 Å². The lowest BCUT2D eigenvalue weighted by Gasteiger charge is -2.31. The van der Waals surface area contributed by atoms with Crippen molar-refractivity contribution in [1.29, 1.82) is 0 Å². The van der Waals surface area contributed by atoms with Gasteiger partial charge in [0.25, 0.3) is 5.91 Å². The van der Waals surface area contributed by atoms with Crippen LogP contribution in [0.15, 0.2) is 42.5 Å². The first-order chi connectivity index (χ1) is 14.1. The zero-order valence-electron chi connectivity index (χ0n) is 16.7. The van der Waals surface area contributed by atoms with Gasteiger partial charge in [-0.2, -0.15) is 0 Å². The second-order valence-electron chi connectivity index (χ2n) is 7.66. The predicted octanol–water partition coefficient (Wildman–Crippen LogP) is -0.109. The van der Waals surface area contributed by atoms with Crippen molar-refractivity contribution in [2.75, 3.05) is 51.0 Å². The fourth-order valence-electron chi connectivity index (χ4n) is 4.08. The Hall–Kier alpha value is -2.64. The van der Waals surface area contributed by atoms with Crippen LogP contribution in [0.5, 0.6) is 11.5 Å². The smallest absolute Gasteiger partial charge is 0.282 e. The summed E-state index contributed by atoms with van der Waals surface area (Å²) in [5.41, 5.74) is 2.00. The molecule has 4 rings (SSSR count). The number of likely N-dealkylation sites (N-methyl/N-ethyl adjacent to an activating group) is 1. The average molecular weight is 401 g/mol. The molecule has 0 bridgehead atoms. The lowest BCUT2D eigenvalue weighted by Crippen LogP contribution is -3.28. The van der Waals surface area contributed by atoms with Crippen LogP contribution >= 0.6 is 0 Å². The van der Waals surface area contributed by atoms with Gasteiger partial charge in [0.1, 0.15) is 38.5 Å². The number of carbonyl (C=O) groups excluding carboxylic acids is 1. The number of piperazine rings is 1. The predicted molar refractivity (Wildman–Crippen MR) is 107 cm³/mol. The third kappa shape index (κ3) is 4.68. The number of benzene rings is 2. The van der Waals surface area contributed by atoms with E-state index < -0.39 is 0 Å². The van der Waals surface area contributed by atoms with Crippen molar-refractivity contribution < 1.29 is 28.5 Å². The van der Waals surface area contributed by atoms with Crippen LogP contribution in [-0.4, -0.2) is 52.0 Å². The van der Waals surface area contributed by atoms with E-state index in [-0.39, 0.29) is 11.7 Å². The van der Waals surface area contributed by atoms with Crippen LogP contribution in [0, 0.1) is 5.82 Å². The molecule has 0 saturated carbocycles. The fraction of sp³-hybridized carbons (Fsp3) is 0.409. The second-order valence-corrected chi connectivity index (χ2v) is 7.66. The lowest BCUT2D eigenvalue weighted by atomic mass is 10.1. The van der Waals surface area contributed by atoms with Crippen LogP contribution in [0.25, 0.3) is 0 Å². The Labute approximate surface area is 170 Å². The van der Waals surface area contributed by atoms with Gasteiger partial charge in [0, 0.05) is 17.8 Å². The van der Waals surface area contributed by atoms with Crippen LogP contribution in [-0.2, 0) is 11.3 Å². The number of hydrogen-bond acceptors (Lipinski definition) is 3. The Morgan fingerprint density at radius 3 is 2.41 bits per heavy atom. The number of hydrogen-bond donors (Lipinski definition) is 2. The summed E-state index contributed by atoms with van der Waals surface area (Å²) >= 11 is 0. The van der Waals surface area contributed by atoms with Crippen molar-refractivity contribution >= 4 is 11.6 Å². The SMILES string of the molecule is CCN(C(=O)C[NH+]1CC[NH+](Cc2ccc3c(c2)OCO3)CC1)c1ccc(F)cc1. The van der Waals surface area contributed by atoms with Gasteiger partial charge in [0.2, 0.25) is 6.79 Å². The Kier molecular flexibility index (Phi) is 5.97. The number of anilines is 1. The minimum Gasteiger partial charge on any atom is -0.454 e. The molecule has 2 aliphatic heterocycles. The first-order valence-electron chi connectivity index (χ1n) is 10.2. The number of fused-ring (bicyclic) bond motifs is 1. The van der Waals surface area contributed by atoms with E-state index in [2.05, 4.69) is 12.1 Å². The number of halogens is 1. The molecule has 1 amide bonds. The summed E-state index contributed by atoms with van der Waals surface area (Å²) in [7, 11) is 0. The van der Waals surface area contributed by atoms with Crippen molar-refractivity contribution in [3.05, 3.63) is 53.8 Å². The quantitative estimate of drug-likeness (QED) is 0.710. The molecule has 0 aliphatic carbocycles. The molecular weight excluding hydrogens is 373 g/mol. The van der Waals surface area contributed by atoms with Gasteiger partial charge in [0.05, 0.1) is 0 Å². The van der Waals surface area contributed by atoms with Crippen molar-refractivity contribution in [1.82, 2.24) is 0 Å². The highest BCUT2D eigenvalue weighted by Gasteiger charge is 2.27. The Balaban J connectivity index is 1.28. The van der Waals surface area contributed by atoms with Gasteiger partial charge in [-0.15, -0.1) is 0 Å². The topological polar surface area (TPSA) is 47.7 Å².